The highest BCUT2D eigenvalue weighted by Crippen LogP contribution is 2.39. The second-order valence-corrected chi connectivity index (χ2v) is 21.4. The normalized spacial score (nSPS) is 14.6. The van der Waals surface area contributed by atoms with E-state index in [1.165, 1.54) is 36.4 Å². The number of esters is 2. The van der Waals surface area contributed by atoms with Crippen molar-refractivity contribution in [3.8, 4) is 11.5 Å². The zero-order valence-electron chi connectivity index (χ0n) is 45.0. The monoisotopic (exact) mass is 1100 g/mol. The number of allylic oxidation sites excluding steroid dienone is 8. The molecule has 4 aromatic carbocycles. The Bertz CT molecular complexity index is 3170. The van der Waals surface area contributed by atoms with Crippen LogP contribution in [0.5, 0.6) is 11.5 Å². The number of rotatable bonds is 18. The van der Waals surface area contributed by atoms with Crippen LogP contribution in [-0.4, -0.2) is 113 Å². The van der Waals surface area contributed by atoms with E-state index in [0.717, 1.165) is 0 Å². The molecule has 0 aliphatic heterocycles. The predicted octanol–water partition coefficient (Wildman–Crippen LogP) is 8.67. The molecule has 3 aliphatic rings. The maximum absolute atomic E-state index is 15.0. The molecule has 20 heteroatoms. The van der Waals surface area contributed by atoms with E-state index >= 15 is 0 Å². The van der Waals surface area contributed by atoms with Crippen molar-refractivity contribution in [2.24, 2.45) is 9.98 Å². The number of aliphatic imine (C=N–C) groups is 2. The van der Waals surface area contributed by atoms with Crippen LogP contribution < -0.4 is 19.3 Å². The first-order valence-electron chi connectivity index (χ1n) is 25.7. The fraction of sp³-hybridized carbons (Fsp3) is 0.345. The number of aryl methyl sites for hydroxylation is 2. The van der Waals surface area contributed by atoms with E-state index in [1.54, 1.807) is 76.2 Å². The first-order chi connectivity index (χ1) is 37.1. The summed E-state index contributed by atoms with van der Waals surface area (Å²) in [4.78, 5) is 68.5. The Morgan fingerprint density at radius 3 is 1.10 bits per heavy atom. The number of hydrogen-bond acceptors (Lipinski definition) is 16. The summed E-state index contributed by atoms with van der Waals surface area (Å²) in [5, 5.41) is 0. The summed E-state index contributed by atoms with van der Waals surface area (Å²) in [6.07, 6.45) is 5.52. The van der Waals surface area contributed by atoms with Crippen molar-refractivity contribution in [2.75, 3.05) is 62.4 Å². The molecule has 18 nitrogen and oxygen atoms in total. The van der Waals surface area contributed by atoms with Crippen LogP contribution in [0.3, 0.4) is 0 Å². The minimum atomic E-state index is -4.85. The van der Waals surface area contributed by atoms with E-state index < -0.39 is 66.7 Å². The minimum Gasteiger partial charge on any atom is -0.481 e. The molecule has 8 bridgehead atoms. The highest BCUT2D eigenvalue weighted by atomic mass is 32.2. The van der Waals surface area contributed by atoms with Gasteiger partial charge in [0.15, 0.2) is 24.8 Å². The maximum Gasteiger partial charge on any atom is 0.344 e. The van der Waals surface area contributed by atoms with Gasteiger partial charge in [0, 0.05) is 85.5 Å². The molecule has 0 spiro atoms. The van der Waals surface area contributed by atoms with Gasteiger partial charge in [0.05, 0.1) is 36.0 Å². The van der Waals surface area contributed by atoms with Crippen LogP contribution in [0, 0.1) is 13.8 Å². The SMILES string of the molecule is CCOC(=O)COc1c2cccc1CC1=CC(=Nc3c(C)cc(N(CC)CC)cc3S(=O)(=O)O)C=C(Cc3cccc(c3OCC(=O)OCC)CC3=CC(=Nc4c(C)cc(N(CC)CC)cc4S(=O)(=O)O)C=C(C2)C3=O)C1=O. The molecule has 7 rings (SSSR count). The van der Waals surface area contributed by atoms with Gasteiger partial charge in [-0.1, -0.05) is 36.4 Å². The van der Waals surface area contributed by atoms with Gasteiger partial charge in [-0.25, -0.2) is 19.6 Å². The fourth-order valence-corrected chi connectivity index (χ4v) is 11.2. The second-order valence-electron chi connectivity index (χ2n) is 18.6. The molecule has 78 heavy (non-hydrogen) atoms. The van der Waals surface area contributed by atoms with Crippen LogP contribution in [0.25, 0.3) is 0 Å². The number of anilines is 2. The zero-order chi connectivity index (χ0) is 56.6. The van der Waals surface area contributed by atoms with Gasteiger partial charge in [0.2, 0.25) is 0 Å². The van der Waals surface area contributed by atoms with Crippen LogP contribution in [0.4, 0.5) is 22.7 Å². The number of hydrogen-bond donors (Lipinski definition) is 2. The predicted molar refractivity (Wildman–Crippen MR) is 298 cm³/mol. The van der Waals surface area contributed by atoms with E-state index in [-0.39, 0.29) is 95.5 Å². The van der Waals surface area contributed by atoms with E-state index in [2.05, 4.69) is 0 Å². The minimum absolute atomic E-state index is 0.0475. The summed E-state index contributed by atoms with van der Waals surface area (Å²) in [7, 11) is -9.69. The molecule has 4 aromatic rings. The number of carbonyl (C=O) groups is 4. The Morgan fingerprint density at radius 1 is 0.526 bits per heavy atom. The van der Waals surface area contributed by atoms with E-state index in [0.29, 0.717) is 70.9 Å². The van der Waals surface area contributed by atoms with Gasteiger partial charge < -0.3 is 28.7 Å². The molecule has 0 atom stereocenters. The zero-order valence-corrected chi connectivity index (χ0v) is 46.6. The lowest BCUT2D eigenvalue weighted by Crippen LogP contribution is -2.22. The van der Waals surface area contributed by atoms with Crippen molar-refractivity contribution < 1.29 is 64.1 Å². The lowest BCUT2D eigenvalue weighted by Gasteiger charge is -2.24. The first kappa shape index (κ1) is 58.2. The van der Waals surface area contributed by atoms with Crippen molar-refractivity contribution in [3.63, 3.8) is 0 Å². The number of carbonyl (C=O) groups excluding carboxylic acids is 4. The van der Waals surface area contributed by atoms with E-state index in [9.17, 15) is 45.1 Å². The third-order valence-electron chi connectivity index (χ3n) is 13.4. The summed E-state index contributed by atoms with van der Waals surface area (Å²) in [6, 6.07) is 16.5. The molecule has 0 aromatic heterocycles. The van der Waals surface area contributed by atoms with Gasteiger partial charge in [0.25, 0.3) is 20.2 Å². The molecule has 3 aliphatic carbocycles. The van der Waals surface area contributed by atoms with Gasteiger partial charge >= 0.3 is 11.9 Å². The van der Waals surface area contributed by atoms with Gasteiger partial charge in [-0.15, -0.1) is 0 Å². The van der Waals surface area contributed by atoms with Gasteiger partial charge in [0.1, 0.15) is 21.3 Å². The summed E-state index contributed by atoms with van der Waals surface area (Å²) >= 11 is 0. The average molecular weight is 1110 g/mol. The van der Waals surface area contributed by atoms with Gasteiger partial charge in [-0.05, 0) is 137 Å². The number of para-hydroxylation sites is 2. The van der Waals surface area contributed by atoms with E-state index in [4.69, 9.17) is 28.9 Å². The summed E-state index contributed by atoms with van der Waals surface area (Å²) < 4.78 is 96.7. The lowest BCUT2D eigenvalue weighted by atomic mass is 9.84. The van der Waals surface area contributed by atoms with Crippen LogP contribution in [-0.2, 0) is 74.6 Å². The van der Waals surface area contributed by atoms with Crippen LogP contribution in [0.15, 0.2) is 127 Å². The first-order valence-corrected chi connectivity index (χ1v) is 28.6. The number of nitrogens with zero attached hydrogens (tertiary/aromatic N) is 4. The number of fused-ring (bicyclic) bond motifs is 8. The summed E-state index contributed by atoms with van der Waals surface area (Å²) in [5.74, 6) is -1.88. The number of ether oxygens (including phenoxy) is 4. The van der Waals surface area contributed by atoms with E-state index in [1.807, 2.05) is 37.5 Å². The molecule has 0 amide bonds. The Balaban J connectivity index is 1.49. The fourth-order valence-electron chi connectivity index (χ4n) is 9.76. The highest BCUT2D eigenvalue weighted by Gasteiger charge is 2.31. The molecule has 0 radical (unpaired) electrons. The summed E-state index contributed by atoms with van der Waals surface area (Å²) in [6.45, 7) is 15.6. The molecule has 0 heterocycles. The van der Waals surface area contributed by atoms with Crippen LogP contribution in [0.1, 0.15) is 74.9 Å². The number of ketones is 2. The number of Topliss-reactive ketones (excluding diaryl/α,β-unsaturated/α-hetero) is 2. The average Bonchev–Trinajstić information content (AvgIpc) is 3.50. The summed E-state index contributed by atoms with van der Waals surface area (Å²) in [5.41, 5.74) is 4.58. The van der Waals surface area contributed by atoms with Crippen molar-refractivity contribution in [2.45, 2.75) is 90.9 Å². The van der Waals surface area contributed by atoms with Crippen molar-refractivity contribution in [3.05, 3.63) is 141 Å². The molecular formula is C58H64N4O14S2. The standard InChI is InChI=1S/C58H64N4O14S2/c1-9-61(10-2)47-21-35(7)53(49(31-47)77(67,68)69)59-45-27-41-23-37-17-15-19-39(57(37)75-33-51(63)73-13-5)25-43-29-46(60-54-36(8)22-48(62(11-3)12-4)32-50(54)78(70,71)72)30-44(56(43)66)26-40-20-16-18-38(24-42(28-45)55(41)65)58(40)76-34-52(64)74-14-6/h15-22,27-32H,9-14,23-26,33-34H2,1-8H3,(H,67,68,69)(H,70,71,72). The van der Waals surface area contributed by atoms with Crippen LogP contribution in [0.2, 0.25) is 0 Å². The quantitative estimate of drug-likeness (QED) is 0.0537. The Hall–Kier alpha value is -7.52. The smallest absolute Gasteiger partial charge is 0.344 e. The third kappa shape index (κ3) is 13.4. The second kappa shape index (κ2) is 24.9. The molecule has 0 fully saturated rings. The largest absolute Gasteiger partial charge is 0.481 e. The Labute approximate surface area is 455 Å². The molecule has 0 saturated carbocycles. The Morgan fingerprint density at radius 2 is 0.833 bits per heavy atom. The molecular weight excluding hydrogens is 1040 g/mol. The van der Waals surface area contributed by atoms with Crippen LogP contribution >= 0.6 is 0 Å². The lowest BCUT2D eigenvalue weighted by molar-refractivity contribution is -0.146. The molecule has 0 saturated heterocycles. The number of benzene rings is 4. The van der Waals surface area contributed by atoms with Crippen molar-refractivity contribution >= 4 is 77.9 Å². The molecule has 0 unspecified atom stereocenters. The topological polar surface area (TPSA) is 245 Å². The van der Waals surface area contributed by atoms with Crippen molar-refractivity contribution in [1.29, 1.82) is 0 Å². The van der Waals surface area contributed by atoms with Crippen molar-refractivity contribution in [1.82, 2.24) is 0 Å². The Kier molecular flexibility index (Phi) is 18.5. The molecule has 2 N–H and O–H groups in total. The maximum atomic E-state index is 15.0. The van der Waals surface area contributed by atoms with Gasteiger partial charge in [-0.3, -0.25) is 18.7 Å². The third-order valence-corrected chi connectivity index (χ3v) is 15.1. The van der Waals surface area contributed by atoms with Gasteiger partial charge in [-0.2, -0.15) is 16.8 Å². The molecule has 412 valence electrons. The highest BCUT2D eigenvalue weighted by molar-refractivity contribution is 7.86.